The van der Waals surface area contributed by atoms with Gasteiger partial charge < -0.3 is 9.47 Å². The minimum absolute atomic E-state index is 0.0637. The second-order valence-corrected chi connectivity index (χ2v) is 5.43. The second-order valence-electron chi connectivity index (χ2n) is 5.43. The number of rotatable bonds is 3. The second kappa shape index (κ2) is 3.57. The first-order valence-electron chi connectivity index (χ1n) is 5.97. The average Bonchev–Trinajstić information content (AvgIpc) is 2.82. The molecule has 3 aliphatic rings. The van der Waals surface area contributed by atoms with Crippen molar-refractivity contribution >= 4 is 5.97 Å². The molecule has 0 amide bonds. The van der Waals surface area contributed by atoms with Crippen molar-refractivity contribution in [1.82, 2.24) is 0 Å². The average molecular weight is 232 g/mol. The molecule has 17 heavy (non-hydrogen) atoms. The zero-order valence-electron chi connectivity index (χ0n) is 9.94. The summed E-state index contributed by atoms with van der Waals surface area (Å²) in [5, 5.41) is 0. The van der Waals surface area contributed by atoms with Crippen LogP contribution in [0.1, 0.15) is 25.3 Å². The highest BCUT2D eigenvalue weighted by Gasteiger charge is 2.64. The Bertz CT molecular complexity index is 432. The van der Waals surface area contributed by atoms with Gasteiger partial charge in [0, 0.05) is 0 Å². The van der Waals surface area contributed by atoms with Crippen LogP contribution in [0, 0.1) is 5.41 Å². The number of ether oxygens (including phenoxy) is 2. The first-order valence-corrected chi connectivity index (χ1v) is 5.97. The quantitative estimate of drug-likeness (QED) is 0.750. The zero-order chi connectivity index (χ0) is 11.9. The van der Waals surface area contributed by atoms with Gasteiger partial charge in [0.05, 0.1) is 17.6 Å². The Morgan fingerprint density at radius 2 is 2.06 bits per heavy atom. The summed E-state index contributed by atoms with van der Waals surface area (Å²) in [5.74, 6) is -0.101. The maximum Gasteiger partial charge on any atom is 0.314 e. The third-order valence-electron chi connectivity index (χ3n) is 3.77. The van der Waals surface area contributed by atoms with E-state index in [0.29, 0.717) is 13.2 Å². The van der Waals surface area contributed by atoms with Gasteiger partial charge in [0.15, 0.2) is 0 Å². The summed E-state index contributed by atoms with van der Waals surface area (Å²) in [4.78, 5) is 12.0. The van der Waals surface area contributed by atoms with Crippen molar-refractivity contribution in [2.24, 2.45) is 5.41 Å². The van der Waals surface area contributed by atoms with Crippen molar-refractivity contribution in [3.8, 4) is 0 Å². The molecule has 90 valence electrons. The number of benzene rings is 1. The molecule has 0 aromatic heterocycles. The molecule has 0 atom stereocenters. The highest BCUT2D eigenvalue weighted by molar-refractivity contribution is 5.79. The lowest BCUT2D eigenvalue weighted by molar-refractivity contribution is -0.161. The standard InChI is InChI=1S/C14H16O3/c1-13-8-14(9-13,10-17-13)12(15)16-7-11-5-3-2-4-6-11/h2-6H,7-10H2,1H3. The van der Waals surface area contributed by atoms with Gasteiger partial charge >= 0.3 is 5.97 Å². The Morgan fingerprint density at radius 1 is 1.35 bits per heavy atom. The molecule has 1 saturated carbocycles. The summed E-state index contributed by atoms with van der Waals surface area (Å²) >= 11 is 0. The molecule has 3 nitrogen and oxygen atoms in total. The minimum atomic E-state index is -0.344. The number of carbonyl (C=O) groups is 1. The Balaban J connectivity index is 1.59. The predicted molar refractivity (Wildman–Crippen MR) is 62.3 cm³/mol. The van der Waals surface area contributed by atoms with Gasteiger partial charge in [0.1, 0.15) is 6.61 Å². The maximum atomic E-state index is 12.0. The van der Waals surface area contributed by atoms with Crippen LogP contribution in [0.4, 0.5) is 0 Å². The van der Waals surface area contributed by atoms with E-state index in [-0.39, 0.29) is 17.0 Å². The van der Waals surface area contributed by atoms with Crippen molar-refractivity contribution in [3.05, 3.63) is 35.9 Å². The summed E-state index contributed by atoms with van der Waals surface area (Å²) in [6.45, 7) is 2.94. The van der Waals surface area contributed by atoms with Crippen LogP contribution in [0.25, 0.3) is 0 Å². The molecule has 0 N–H and O–H groups in total. The third kappa shape index (κ3) is 1.75. The van der Waals surface area contributed by atoms with E-state index in [9.17, 15) is 4.79 Å². The largest absolute Gasteiger partial charge is 0.460 e. The number of esters is 1. The molecular formula is C14H16O3. The van der Waals surface area contributed by atoms with E-state index in [0.717, 1.165) is 18.4 Å². The van der Waals surface area contributed by atoms with Crippen LogP contribution in [0.5, 0.6) is 0 Å². The molecule has 4 rings (SSSR count). The van der Waals surface area contributed by atoms with E-state index >= 15 is 0 Å². The van der Waals surface area contributed by atoms with Crippen molar-refractivity contribution in [1.29, 1.82) is 0 Å². The SMILES string of the molecule is CC12CC(C(=O)OCc3ccccc3)(CO1)C2. The van der Waals surface area contributed by atoms with Gasteiger partial charge in [-0.05, 0) is 25.3 Å². The minimum Gasteiger partial charge on any atom is -0.460 e. The van der Waals surface area contributed by atoms with Crippen LogP contribution in [-0.2, 0) is 20.9 Å². The van der Waals surface area contributed by atoms with Crippen LogP contribution >= 0.6 is 0 Å². The van der Waals surface area contributed by atoms with Crippen molar-refractivity contribution < 1.29 is 14.3 Å². The van der Waals surface area contributed by atoms with Gasteiger partial charge in [-0.1, -0.05) is 30.3 Å². The Hall–Kier alpha value is -1.35. The summed E-state index contributed by atoms with van der Waals surface area (Å²) in [7, 11) is 0. The van der Waals surface area contributed by atoms with Crippen molar-refractivity contribution in [2.45, 2.75) is 32.0 Å². The van der Waals surface area contributed by atoms with Gasteiger partial charge in [-0.3, -0.25) is 4.79 Å². The van der Waals surface area contributed by atoms with Gasteiger partial charge in [0.2, 0.25) is 0 Å². The van der Waals surface area contributed by atoms with Crippen LogP contribution in [0.2, 0.25) is 0 Å². The molecule has 2 bridgehead atoms. The summed E-state index contributed by atoms with van der Waals surface area (Å²) in [6, 6.07) is 9.76. The highest BCUT2D eigenvalue weighted by atomic mass is 16.6. The maximum absolute atomic E-state index is 12.0. The predicted octanol–water partition coefficient (Wildman–Crippen LogP) is 2.30. The molecule has 2 saturated heterocycles. The Morgan fingerprint density at radius 3 is 2.65 bits per heavy atom. The summed E-state index contributed by atoms with van der Waals surface area (Å²) in [5.41, 5.74) is 0.619. The van der Waals surface area contributed by atoms with Crippen LogP contribution in [0.15, 0.2) is 30.3 Å². The normalized spacial score (nSPS) is 34.2. The summed E-state index contributed by atoms with van der Waals surface area (Å²) < 4.78 is 11.0. The molecular weight excluding hydrogens is 216 g/mol. The monoisotopic (exact) mass is 232 g/mol. The number of fused-ring (bicyclic) bond motifs is 1. The molecule has 2 heterocycles. The van der Waals surface area contributed by atoms with Gasteiger partial charge in [-0.15, -0.1) is 0 Å². The molecule has 0 radical (unpaired) electrons. The van der Waals surface area contributed by atoms with E-state index in [2.05, 4.69) is 6.92 Å². The highest BCUT2D eigenvalue weighted by Crippen LogP contribution is 2.58. The number of hydrogen-bond acceptors (Lipinski definition) is 3. The first-order chi connectivity index (χ1) is 8.12. The van der Waals surface area contributed by atoms with E-state index in [1.54, 1.807) is 0 Å². The lowest BCUT2D eigenvalue weighted by Crippen LogP contribution is -2.47. The summed E-state index contributed by atoms with van der Waals surface area (Å²) in [6.07, 6.45) is 1.63. The molecule has 1 aliphatic carbocycles. The van der Waals surface area contributed by atoms with Crippen molar-refractivity contribution in [2.75, 3.05) is 6.61 Å². The fourth-order valence-corrected chi connectivity index (χ4v) is 2.98. The lowest BCUT2D eigenvalue weighted by atomic mass is 9.63. The first kappa shape index (κ1) is 10.8. The van der Waals surface area contributed by atoms with E-state index in [1.807, 2.05) is 30.3 Å². The molecule has 1 aromatic rings. The van der Waals surface area contributed by atoms with Crippen LogP contribution in [-0.4, -0.2) is 18.2 Å². The fraction of sp³-hybridized carbons (Fsp3) is 0.500. The van der Waals surface area contributed by atoms with Crippen molar-refractivity contribution in [3.63, 3.8) is 0 Å². The number of hydrogen-bond donors (Lipinski definition) is 0. The van der Waals surface area contributed by atoms with Gasteiger partial charge in [0.25, 0.3) is 0 Å². The molecule has 2 aliphatic heterocycles. The third-order valence-corrected chi connectivity index (χ3v) is 3.77. The van der Waals surface area contributed by atoms with E-state index < -0.39 is 0 Å². The van der Waals surface area contributed by atoms with Crippen LogP contribution in [0.3, 0.4) is 0 Å². The zero-order valence-corrected chi connectivity index (χ0v) is 9.94. The fourth-order valence-electron chi connectivity index (χ4n) is 2.98. The van der Waals surface area contributed by atoms with Gasteiger partial charge in [-0.2, -0.15) is 0 Å². The topological polar surface area (TPSA) is 35.5 Å². The smallest absolute Gasteiger partial charge is 0.314 e. The van der Waals surface area contributed by atoms with E-state index in [4.69, 9.17) is 9.47 Å². The molecule has 0 spiro atoms. The molecule has 0 unspecified atom stereocenters. The molecule has 3 heteroatoms. The van der Waals surface area contributed by atoms with E-state index in [1.165, 1.54) is 0 Å². The Kier molecular flexibility index (Phi) is 2.26. The Labute approximate surface area is 101 Å². The number of carbonyl (C=O) groups excluding carboxylic acids is 1. The molecule has 1 aromatic carbocycles. The van der Waals surface area contributed by atoms with Crippen LogP contribution < -0.4 is 0 Å². The van der Waals surface area contributed by atoms with Gasteiger partial charge in [-0.25, -0.2) is 0 Å². The molecule has 3 fully saturated rings. The lowest BCUT2D eigenvalue weighted by Gasteiger charge is -2.40.